The van der Waals surface area contributed by atoms with Crippen LogP contribution in [0.25, 0.3) is 22.6 Å². The van der Waals surface area contributed by atoms with E-state index in [9.17, 15) is 4.79 Å². The lowest BCUT2D eigenvalue weighted by Crippen LogP contribution is -2.44. The number of carbonyl (C=O) groups excluding carboxylic acids is 1. The fourth-order valence-electron chi connectivity index (χ4n) is 4.41. The highest BCUT2D eigenvalue weighted by Crippen LogP contribution is 2.27. The molecule has 2 aromatic heterocycles. The van der Waals surface area contributed by atoms with Crippen LogP contribution in [0.15, 0.2) is 36.4 Å². The van der Waals surface area contributed by atoms with Gasteiger partial charge in [0.1, 0.15) is 11.6 Å². The summed E-state index contributed by atoms with van der Waals surface area (Å²) in [4.78, 5) is 29.9. The first-order valence-corrected chi connectivity index (χ1v) is 10.7. The number of benzene rings is 1. The zero-order valence-corrected chi connectivity index (χ0v) is 17.0. The first kappa shape index (κ1) is 18.4. The quantitative estimate of drug-likeness (QED) is 0.706. The van der Waals surface area contributed by atoms with E-state index in [4.69, 9.17) is 16.6 Å². The lowest BCUT2D eigenvalue weighted by atomic mass is 9.96. The third kappa shape index (κ3) is 3.69. The molecule has 3 aromatic rings. The summed E-state index contributed by atoms with van der Waals surface area (Å²) in [5.74, 6) is 2.03. The van der Waals surface area contributed by atoms with Crippen LogP contribution in [0.1, 0.15) is 25.7 Å². The molecule has 0 radical (unpaired) electrons. The minimum absolute atomic E-state index is 0.0700. The molecule has 1 amide bonds. The minimum atomic E-state index is 0.0700. The average Bonchev–Trinajstić information content (AvgIpc) is 3.43. The van der Waals surface area contributed by atoms with Gasteiger partial charge < -0.3 is 14.8 Å². The Hall–Kier alpha value is -2.60. The van der Waals surface area contributed by atoms with Gasteiger partial charge >= 0.3 is 0 Å². The van der Waals surface area contributed by atoms with Crippen molar-refractivity contribution in [3.63, 3.8) is 0 Å². The topological polar surface area (TPSA) is 65.1 Å². The number of fused-ring (bicyclic) bond motifs is 1. The Morgan fingerprint density at radius 1 is 1.07 bits per heavy atom. The van der Waals surface area contributed by atoms with E-state index in [1.54, 1.807) is 0 Å². The maximum atomic E-state index is 12.8. The molecular weight excluding hydrogens is 386 g/mol. The number of hydrogen-bond acceptors (Lipinski definition) is 4. The summed E-state index contributed by atoms with van der Waals surface area (Å²) in [6, 6.07) is 11.7. The summed E-state index contributed by atoms with van der Waals surface area (Å²) in [6.45, 7) is 3.49. The zero-order valence-electron chi connectivity index (χ0n) is 16.3. The van der Waals surface area contributed by atoms with Gasteiger partial charge in [0.25, 0.3) is 0 Å². The molecule has 4 heterocycles. The summed E-state index contributed by atoms with van der Waals surface area (Å²) in [7, 11) is 0. The van der Waals surface area contributed by atoms with Crippen molar-refractivity contribution in [1.82, 2.24) is 19.9 Å². The van der Waals surface area contributed by atoms with Gasteiger partial charge in [-0.25, -0.2) is 9.97 Å². The molecule has 0 aliphatic carbocycles. The second kappa shape index (κ2) is 7.67. The molecule has 1 N–H and O–H groups in total. The van der Waals surface area contributed by atoms with Crippen LogP contribution in [0.3, 0.4) is 0 Å². The van der Waals surface area contributed by atoms with E-state index in [0.717, 1.165) is 74.6 Å². The standard InChI is InChI=1S/C22H24ClN5O/c23-17-7-3-5-15(13-17)20-24-18-8-9-19(25-21(18)26-20)28-12-4-6-16(14-28)22(29)27-10-1-2-11-27/h3,5,7-9,13,16H,1-2,4,6,10-12,14H2,(H,24,25,26). The van der Waals surface area contributed by atoms with Crippen LogP contribution in [-0.4, -0.2) is 51.9 Å². The zero-order chi connectivity index (χ0) is 19.8. The van der Waals surface area contributed by atoms with Crippen molar-refractivity contribution in [2.24, 2.45) is 5.92 Å². The number of aromatic nitrogens is 3. The van der Waals surface area contributed by atoms with E-state index >= 15 is 0 Å². The molecule has 0 bridgehead atoms. The number of nitrogens with one attached hydrogen (secondary N) is 1. The maximum absolute atomic E-state index is 12.8. The van der Waals surface area contributed by atoms with E-state index in [-0.39, 0.29) is 5.92 Å². The van der Waals surface area contributed by atoms with Crippen molar-refractivity contribution in [1.29, 1.82) is 0 Å². The molecule has 0 spiro atoms. The third-order valence-electron chi connectivity index (χ3n) is 5.94. The lowest BCUT2D eigenvalue weighted by molar-refractivity contribution is -0.134. The number of carbonyl (C=O) groups is 1. The van der Waals surface area contributed by atoms with Crippen molar-refractivity contribution in [3.05, 3.63) is 41.4 Å². The van der Waals surface area contributed by atoms with Gasteiger partial charge in [0.05, 0.1) is 11.4 Å². The molecule has 5 rings (SSSR count). The number of anilines is 1. The first-order chi connectivity index (χ1) is 14.2. The Bertz CT molecular complexity index is 1040. The van der Waals surface area contributed by atoms with Crippen molar-refractivity contribution in [2.45, 2.75) is 25.7 Å². The molecule has 7 heteroatoms. The number of pyridine rings is 1. The SMILES string of the molecule is O=C(C1CCCN(c2ccc3[nH]c(-c4cccc(Cl)c4)nc3n2)C1)N1CCCC1. The highest BCUT2D eigenvalue weighted by molar-refractivity contribution is 6.30. The molecule has 2 aliphatic rings. The molecule has 1 atom stereocenters. The number of nitrogens with zero attached hydrogens (tertiary/aromatic N) is 4. The van der Waals surface area contributed by atoms with Crippen molar-refractivity contribution < 1.29 is 4.79 Å². The Labute approximate surface area is 174 Å². The number of hydrogen-bond donors (Lipinski definition) is 1. The Morgan fingerprint density at radius 2 is 1.93 bits per heavy atom. The number of halogens is 1. The van der Waals surface area contributed by atoms with Crippen LogP contribution in [0, 0.1) is 5.92 Å². The minimum Gasteiger partial charge on any atom is -0.356 e. The average molecular weight is 410 g/mol. The molecule has 29 heavy (non-hydrogen) atoms. The monoisotopic (exact) mass is 409 g/mol. The molecular formula is C22H24ClN5O. The number of piperidine rings is 1. The van der Waals surface area contributed by atoms with Crippen LogP contribution in [0.4, 0.5) is 5.82 Å². The fourth-order valence-corrected chi connectivity index (χ4v) is 4.60. The van der Waals surface area contributed by atoms with Gasteiger partial charge in [0.15, 0.2) is 5.65 Å². The predicted molar refractivity (Wildman–Crippen MR) is 115 cm³/mol. The summed E-state index contributed by atoms with van der Waals surface area (Å²) >= 11 is 6.11. The summed E-state index contributed by atoms with van der Waals surface area (Å²) in [5.41, 5.74) is 2.52. The van der Waals surface area contributed by atoms with E-state index in [1.165, 1.54) is 0 Å². The van der Waals surface area contributed by atoms with Gasteiger partial charge in [-0.2, -0.15) is 0 Å². The highest BCUT2D eigenvalue weighted by atomic mass is 35.5. The summed E-state index contributed by atoms with van der Waals surface area (Å²) in [6.07, 6.45) is 4.25. The van der Waals surface area contributed by atoms with E-state index < -0.39 is 0 Å². The molecule has 1 aromatic carbocycles. The van der Waals surface area contributed by atoms with Gasteiger partial charge in [0.2, 0.25) is 5.91 Å². The van der Waals surface area contributed by atoms with Crippen LogP contribution >= 0.6 is 11.6 Å². The van der Waals surface area contributed by atoms with Crippen molar-refractivity contribution in [3.8, 4) is 11.4 Å². The number of likely N-dealkylation sites (tertiary alicyclic amines) is 1. The Kier molecular flexibility index (Phi) is 4.87. The number of H-pyrrole nitrogens is 1. The lowest BCUT2D eigenvalue weighted by Gasteiger charge is -2.34. The largest absolute Gasteiger partial charge is 0.356 e. The first-order valence-electron chi connectivity index (χ1n) is 10.3. The van der Waals surface area contributed by atoms with E-state index in [0.29, 0.717) is 16.6 Å². The van der Waals surface area contributed by atoms with Crippen molar-refractivity contribution in [2.75, 3.05) is 31.1 Å². The molecule has 1 unspecified atom stereocenters. The molecule has 0 saturated carbocycles. The van der Waals surface area contributed by atoms with E-state index in [2.05, 4.69) is 14.9 Å². The van der Waals surface area contributed by atoms with Crippen molar-refractivity contribution >= 4 is 34.5 Å². The number of imidazole rings is 1. The molecule has 2 saturated heterocycles. The number of amides is 1. The highest BCUT2D eigenvalue weighted by Gasteiger charge is 2.31. The summed E-state index contributed by atoms with van der Waals surface area (Å²) < 4.78 is 0. The van der Waals surface area contributed by atoms with Gasteiger partial charge in [-0.1, -0.05) is 23.7 Å². The van der Waals surface area contributed by atoms with E-state index in [1.807, 2.05) is 41.3 Å². The molecule has 2 fully saturated rings. The smallest absolute Gasteiger partial charge is 0.227 e. The number of aromatic amines is 1. The van der Waals surface area contributed by atoms with Crippen LogP contribution in [-0.2, 0) is 4.79 Å². The normalized spacial score (nSPS) is 19.8. The predicted octanol–water partition coefficient (Wildman–Crippen LogP) is 4.12. The van der Waals surface area contributed by atoms with Gasteiger partial charge in [-0.15, -0.1) is 0 Å². The Balaban J connectivity index is 1.37. The third-order valence-corrected chi connectivity index (χ3v) is 6.18. The summed E-state index contributed by atoms with van der Waals surface area (Å²) in [5, 5.41) is 0.679. The van der Waals surface area contributed by atoms with Crippen LogP contribution < -0.4 is 4.90 Å². The Morgan fingerprint density at radius 3 is 2.76 bits per heavy atom. The number of rotatable bonds is 3. The van der Waals surface area contributed by atoms with Crippen LogP contribution in [0.5, 0.6) is 0 Å². The second-order valence-electron chi connectivity index (χ2n) is 7.95. The maximum Gasteiger partial charge on any atom is 0.227 e. The molecule has 2 aliphatic heterocycles. The van der Waals surface area contributed by atoms with Gasteiger partial charge in [-0.3, -0.25) is 4.79 Å². The fraction of sp³-hybridized carbons (Fsp3) is 0.409. The van der Waals surface area contributed by atoms with Gasteiger partial charge in [-0.05, 0) is 49.9 Å². The second-order valence-corrected chi connectivity index (χ2v) is 8.39. The molecule has 6 nitrogen and oxygen atoms in total. The molecule has 150 valence electrons. The van der Waals surface area contributed by atoms with Crippen LogP contribution in [0.2, 0.25) is 5.02 Å². The van der Waals surface area contributed by atoms with Gasteiger partial charge in [0, 0.05) is 36.8 Å².